The summed E-state index contributed by atoms with van der Waals surface area (Å²) in [5.74, 6) is 0. The van der Waals surface area contributed by atoms with E-state index in [1.165, 1.54) is 3.59 Å². The van der Waals surface area contributed by atoms with Crippen molar-refractivity contribution in [2.45, 2.75) is 29.6 Å². The molecule has 0 fully saturated rings. The number of hydrogen-bond donors (Lipinski definition) is 0. The van der Waals surface area contributed by atoms with E-state index in [0.717, 1.165) is 0 Å². The van der Waals surface area contributed by atoms with E-state index in [1.807, 2.05) is 6.08 Å². The first-order valence-electron chi connectivity index (χ1n) is 4.74. The zero-order chi connectivity index (χ0) is 10.5. The molecule has 2 heteroatoms. The van der Waals surface area contributed by atoms with Crippen LogP contribution in [-0.2, 0) is 0 Å². The molecule has 0 aromatic heterocycles. The Bertz CT molecular complexity index is 233. The predicted octanol–water partition coefficient (Wildman–Crippen LogP) is 3.89. The van der Waals surface area contributed by atoms with Gasteiger partial charge < -0.3 is 0 Å². The molecule has 1 aliphatic rings. The average molecular weight is 391 g/mol. The van der Waals surface area contributed by atoms with Gasteiger partial charge in [-0.3, -0.25) is 0 Å². The zero-order valence-corrected chi connectivity index (χ0v) is 15.4. The fourth-order valence-corrected chi connectivity index (χ4v) is 3.97. The number of hydrogen-bond acceptors (Lipinski definition) is 0. The van der Waals surface area contributed by atoms with Gasteiger partial charge >= 0.3 is 95.3 Å². The van der Waals surface area contributed by atoms with Gasteiger partial charge in [0, 0.05) is 0 Å². The van der Waals surface area contributed by atoms with Gasteiger partial charge in [0.2, 0.25) is 0 Å². The van der Waals surface area contributed by atoms with Gasteiger partial charge in [-0.25, -0.2) is 0 Å². The summed E-state index contributed by atoms with van der Waals surface area (Å²) < 4.78 is 1.50. The van der Waals surface area contributed by atoms with Crippen LogP contribution in [0.5, 0.6) is 0 Å². The van der Waals surface area contributed by atoms with Gasteiger partial charge in [0.05, 0.1) is 0 Å². The van der Waals surface area contributed by atoms with E-state index in [1.54, 1.807) is 0 Å². The van der Waals surface area contributed by atoms with Crippen molar-refractivity contribution in [3.8, 4) is 0 Å². The van der Waals surface area contributed by atoms with Crippen LogP contribution in [0.4, 0.5) is 0 Å². The van der Waals surface area contributed by atoms with E-state index in [0.29, 0.717) is 0 Å². The van der Waals surface area contributed by atoms with Crippen LogP contribution in [-0.4, -0.2) is 38.1 Å². The summed E-state index contributed by atoms with van der Waals surface area (Å²) in [5.41, 5.74) is 3.27. The van der Waals surface area contributed by atoms with Crippen molar-refractivity contribution in [3.63, 3.8) is 0 Å². The molecule has 0 aliphatic heterocycles. The van der Waals surface area contributed by atoms with Gasteiger partial charge in [-0.2, -0.15) is 0 Å². The average Bonchev–Trinajstić information content (AvgIpc) is 2.31. The fraction of sp³-hybridized carbons (Fsp3) is 0.545. The second-order valence-electron chi connectivity index (χ2n) is 4.83. The summed E-state index contributed by atoms with van der Waals surface area (Å²) in [7, 11) is 0. The molecule has 0 aromatic carbocycles. The molecule has 1 rings (SSSR count). The molecule has 73 valence electrons. The van der Waals surface area contributed by atoms with Crippen molar-refractivity contribution in [1.29, 1.82) is 0 Å². The van der Waals surface area contributed by atoms with E-state index in [-0.39, 0.29) is 0 Å². The monoisotopic (exact) mass is 393 g/mol. The molecule has 0 nitrogen and oxygen atoms in total. The van der Waals surface area contributed by atoms with Crippen LogP contribution in [0.25, 0.3) is 0 Å². The first-order chi connectivity index (χ1) is 5.84. The molecule has 1 radical (unpaired) electrons. The molecule has 13 heavy (non-hydrogen) atoms. The van der Waals surface area contributed by atoms with Crippen molar-refractivity contribution in [2.75, 3.05) is 0 Å². The maximum atomic E-state index is 3.27. The molecule has 0 N–H and O–H groups in total. The van der Waals surface area contributed by atoms with E-state index >= 15 is 0 Å². The number of rotatable bonds is 1. The minimum atomic E-state index is -1.70. The summed E-state index contributed by atoms with van der Waals surface area (Å²) in [6, 6.07) is 0. The van der Waals surface area contributed by atoms with Gasteiger partial charge in [-0.05, 0) is 0 Å². The van der Waals surface area contributed by atoms with Crippen LogP contribution >= 0.6 is 0 Å². The van der Waals surface area contributed by atoms with Crippen LogP contribution in [0, 0.1) is 0 Å². The van der Waals surface area contributed by atoms with Gasteiger partial charge in [-0.1, -0.05) is 0 Å². The Balaban J connectivity index is 0.000000310. The van der Waals surface area contributed by atoms with Gasteiger partial charge in [0.1, 0.15) is 0 Å². The van der Waals surface area contributed by atoms with Crippen molar-refractivity contribution in [3.05, 3.63) is 27.5 Å². The minimum absolute atomic E-state index is 0.543. The van der Waals surface area contributed by atoms with E-state index in [2.05, 4.69) is 47.5 Å². The molecule has 0 saturated carbocycles. The Labute approximate surface area is 94.4 Å². The van der Waals surface area contributed by atoms with E-state index in [9.17, 15) is 0 Å². The Morgan fingerprint density at radius 3 is 1.77 bits per heavy atom. The van der Waals surface area contributed by atoms with Crippen LogP contribution in [0.3, 0.4) is 0 Å². The first kappa shape index (κ1) is 13.9. The maximum absolute atomic E-state index is 3.27. The molecule has 0 spiro atoms. The molecular weight excluding hydrogens is 370 g/mol. The second-order valence-corrected chi connectivity index (χ2v) is 27.8. The van der Waals surface area contributed by atoms with Gasteiger partial charge in [-0.15, -0.1) is 0 Å². The van der Waals surface area contributed by atoms with Crippen LogP contribution in [0.2, 0.25) is 29.6 Å². The molecule has 1 aliphatic carbocycles. The quantitative estimate of drug-likeness (QED) is 0.471. The normalized spacial score (nSPS) is 14.2. The topological polar surface area (TPSA) is 0 Å². The van der Waals surface area contributed by atoms with Crippen molar-refractivity contribution < 1.29 is 0 Å². The third kappa shape index (κ3) is 7.89. The second kappa shape index (κ2) is 6.36. The Kier molecular flexibility index (Phi) is 6.78. The summed E-state index contributed by atoms with van der Waals surface area (Å²) in [6.45, 7) is 0. The Morgan fingerprint density at radius 1 is 1.15 bits per heavy atom. The molecule has 0 aromatic rings. The van der Waals surface area contributed by atoms with Crippen molar-refractivity contribution in [2.24, 2.45) is 0 Å². The van der Waals surface area contributed by atoms with E-state index < -0.39 is 38.1 Å². The SMILES string of the molecule is [CH3][Sn]([CH3])([CH3])[C]1=C=CC=C1.[CH3][Sn]([CH3])[CH3]. The van der Waals surface area contributed by atoms with Gasteiger partial charge in [0.15, 0.2) is 0 Å². The molecule has 0 atom stereocenters. The Morgan fingerprint density at radius 2 is 1.62 bits per heavy atom. The Hall–Kier alpha value is 0.857. The summed E-state index contributed by atoms with van der Waals surface area (Å²) in [4.78, 5) is 14.3. The van der Waals surface area contributed by atoms with E-state index in [4.69, 9.17) is 0 Å². The van der Waals surface area contributed by atoms with Crippen LogP contribution < -0.4 is 0 Å². The number of allylic oxidation sites excluding steroid dienone is 3. The molecule has 0 amide bonds. The van der Waals surface area contributed by atoms with Crippen molar-refractivity contribution in [1.82, 2.24) is 0 Å². The molecule has 0 bridgehead atoms. The summed E-state index contributed by atoms with van der Waals surface area (Å²) in [5, 5.41) is 0. The van der Waals surface area contributed by atoms with Gasteiger partial charge in [0.25, 0.3) is 0 Å². The summed E-state index contributed by atoms with van der Waals surface area (Å²) in [6.07, 6.45) is 6.30. The molecule has 0 heterocycles. The predicted molar refractivity (Wildman–Crippen MR) is 67.4 cm³/mol. The first-order valence-corrected chi connectivity index (χ1v) is 23.3. The van der Waals surface area contributed by atoms with Crippen molar-refractivity contribution >= 4 is 38.1 Å². The standard InChI is InChI=1S/C5H3.6CH3.2Sn/c1-2-4-5-3-1;;;;;;;;/h1-3H;6*1H3;;. The van der Waals surface area contributed by atoms with Crippen LogP contribution in [0.1, 0.15) is 0 Å². The zero-order valence-electron chi connectivity index (χ0n) is 9.73. The fourth-order valence-electron chi connectivity index (χ4n) is 0.797. The summed E-state index contributed by atoms with van der Waals surface area (Å²) >= 11 is -2.25. The molecular formula is C11H21Sn2. The molecule has 0 saturated heterocycles. The van der Waals surface area contributed by atoms with Crippen LogP contribution in [0.15, 0.2) is 27.5 Å². The third-order valence-corrected chi connectivity index (χ3v) is 6.91. The third-order valence-electron chi connectivity index (χ3n) is 1.41. The molecule has 0 unspecified atom stereocenters.